The molecule has 0 rings (SSSR count). The van der Waals surface area contributed by atoms with Gasteiger partial charge < -0.3 is 4.89 Å². The van der Waals surface area contributed by atoms with Crippen molar-refractivity contribution in [2.75, 3.05) is 6.16 Å². The Morgan fingerprint density at radius 1 is 1.15 bits per heavy atom. The third-order valence-corrected chi connectivity index (χ3v) is 4.26. The molecule has 0 aromatic heterocycles. The van der Waals surface area contributed by atoms with E-state index in [2.05, 4.69) is 25.9 Å². The summed E-state index contributed by atoms with van der Waals surface area (Å²) in [7, 11) is 0. The number of hydrogen-bond donors (Lipinski definition) is 2. The molecule has 0 saturated heterocycles. The average Bonchev–Trinajstić information content (AvgIpc) is 1.43. The van der Waals surface area contributed by atoms with Crippen molar-refractivity contribution >= 4 is 18.2 Å². The van der Waals surface area contributed by atoms with Gasteiger partial charge in [-0.1, -0.05) is 32.6 Å². The molecule has 2 N–H and O–H groups in total. The third-order valence-electron chi connectivity index (χ3n) is 1.20. The van der Waals surface area contributed by atoms with Gasteiger partial charge in [0.25, 0.3) is 0 Å². The lowest BCUT2D eigenvalue weighted by atomic mass is 10.0. The third kappa shape index (κ3) is 8.89. The molecule has 0 spiro atoms. The highest BCUT2D eigenvalue weighted by atomic mass is 32.4. The van der Waals surface area contributed by atoms with E-state index in [1.165, 1.54) is 0 Å². The first-order valence-electron chi connectivity index (χ1n) is 4.53. The van der Waals surface area contributed by atoms with Crippen LogP contribution in [0.15, 0.2) is 0 Å². The number of nitrogens with one attached hydrogen (secondary N) is 1. The van der Waals surface area contributed by atoms with E-state index in [4.69, 9.17) is 11.8 Å². The molecule has 0 aromatic carbocycles. The summed E-state index contributed by atoms with van der Waals surface area (Å²) in [5.74, 6) is 0. The van der Waals surface area contributed by atoms with Gasteiger partial charge in [-0.15, -0.1) is 0 Å². The van der Waals surface area contributed by atoms with Crippen LogP contribution in [0.2, 0.25) is 0 Å². The normalized spacial score (nSPS) is 18.4. The molecule has 0 aromatic rings. The maximum atomic E-state index is 10.0. The highest BCUT2D eigenvalue weighted by Gasteiger charge is 2.26. The fraction of sp³-hybridized carbons (Fsp3) is 1.00. The van der Waals surface area contributed by atoms with E-state index in [-0.39, 0.29) is 11.0 Å². The highest BCUT2D eigenvalue weighted by Crippen LogP contribution is 2.44. The van der Waals surface area contributed by atoms with E-state index in [0.717, 1.165) is 0 Å². The van der Waals surface area contributed by atoms with E-state index in [9.17, 15) is 4.89 Å². The van der Waals surface area contributed by atoms with E-state index < -0.39 is 6.42 Å². The molecule has 0 fully saturated rings. The molecule has 1 atom stereocenters. The van der Waals surface area contributed by atoms with Crippen molar-refractivity contribution in [3.63, 3.8) is 0 Å². The fourth-order valence-corrected chi connectivity index (χ4v) is 5.60. The van der Waals surface area contributed by atoms with Gasteiger partial charge in [0.05, 0.1) is 0 Å². The second kappa shape index (κ2) is 3.98. The van der Waals surface area contributed by atoms with E-state index >= 15 is 0 Å². The van der Waals surface area contributed by atoms with Crippen molar-refractivity contribution in [2.24, 2.45) is 5.41 Å². The summed E-state index contributed by atoms with van der Waals surface area (Å²) in [4.78, 5) is 10.0. The summed E-state index contributed by atoms with van der Waals surface area (Å²) in [6.45, 7) is 12.3. The Labute approximate surface area is 87.3 Å². The molecule has 0 saturated carbocycles. The van der Waals surface area contributed by atoms with Crippen LogP contribution in [0.25, 0.3) is 0 Å². The van der Waals surface area contributed by atoms with Gasteiger partial charge >= 0.3 is 0 Å². The smallest absolute Gasteiger partial charge is 0.127 e. The van der Waals surface area contributed by atoms with Gasteiger partial charge in [-0.05, 0) is 26.2 Å². The van der Waals surface area contributed by atoms with Crippen molar-refractivity contribution in [2.45, 2.75) is 47.1 Å². The van der Waals surface area contributed by atoms with Crippen LogP contribution in [0.1, 0.15) is 41.5 Å². The predicted octanol–water partition coefficient (Wildman–Crippen LogP) is 2.72. The lowest BCUT2D eigenvalue weighted by Gasteiger charge is -2.31. The maximum Gasteiger partial charge on any atom is 0.127 e. The van der Waals surface area contributed by atoms with Crippen molar-refractivity contribution in [3.05, 3.63) is 0 Å². The molecule has 2 nitrogen and oxygen atoms in total. The Balaban J connectivity index is 4.35. The molecule has 0 radical (unpaired) electrons. The Morgan fingerprint density at radius 3 is 1.77 bits per heavy atom. The zero-order chi connectivity index (χ0) is 10.9. The highest BCUT2D eigenvalue weighted by molar-refractivity contribution is 8.10. The lowest BCUT2D eigenvalue weighted by Crippen LogP contribution is -2.35. The van der Waals surface area contributed by atoms with Crippen molar-refractivity contribution in [1.82, 2.24) is 5.09 Å². The first-order chi connectivity index (χ1) is 5.41. The fourth-order valence-electron chi connectivity index (χ4n) is 1.21. The average molecular weight is 223 g/mol. The second-order valence-corrected chi connectivity index (χ2v) is 9.54. The van der Waals surface area contributed by atoms with Gasteiger partial charge in [0.1, 0.15) is 6.42 Å². The number of hydrogen-bond acceptors (Lipinski definition) is 1. The monoisotopic (exact) mass is 223 g/mol. The minimum atomic E-state index is -2.35. The first-order valence-corrected chi connectivity index (χ1v) is 7.47. The minimum Gasteiger partial charge on any atom is -0.354 e. The zero-order valence-corrected chi connectivity index (χ0v) is 11.2. The standard InChI is InChI=1S/C9H22NOPS/c1-8(2,3)7-12(11,13)10-9(4,5)6/h7H2,1-6H3,(H2,10,11,13). The van der Waals surface area contributed by atoms with Gasteiger partial charge in [0.15, 0.2) is 0 Å². The van der Waals surface area contributed by atoms with E-state index in [0.29, 0.717) is 6.16 Å². The van der Waals surface area contributed by atoms with Crippen molar-refractivity contribution in [3.8, 4) is 0 Å². The minimum absolute atomic E-state index is 0.0858. The largest absolute Gasteiger partial charge is 0.354 e. The molecule has 0 aliphatic heterocycles. The van der Waals surface area contributed by atoms with E-state index in [1.807, 2.05) is 20.8 Å². The van der Waals surface area contributed by atoms with Gasteiger partial charge in [-0.25, -0.2) is 0 Å². The SMILES string of the molecule is CC(C)(C)CP(O)(=S)NC(C)(C)C. The lowest BCUT2D eigenvalue weighted by molar-refractivity contribution is 0.437. The molecular weight excluding hydrogens is 201 g/mol. The van der Waals surface area contributed by atoms with Gasteiger partial charge in [-0.3, -0.25) is 5.09 Å². The first kappa shape index (κ1) is 13.6. The Kier molecular flexibility index (Phi) is 4.15. The van der Waals surface area contributed by atoms with Crippen LogP contribution in [-0.4, -0.2) is 16.6 Å². The molecule has 13 heavy (non-hydrogen) atoms. The molecule has 1 unspecified atom stereocenters. The Bertz CT molecular complexity index is 195. The predicted molar refractivity (Wildman–Crippen MR) is 63.7 cm³/mol. The van der Waals surface area contributed by atoms with Crippen molar-refractivity contribution < 1.29 is 4.89 Å². The molecular formula is C9H22NOPS. The molecule has 0 amide bonds. The van der Waals surface area contributed by atoms with Crippen molar-refractivity contribution in [1.29, 1.82) is 0 Å². The summed E-state index contributed by atoms with van der Waals surface area (Å²) in [5, 5.41) is 3.13. The Hall–Kier alpha value is 0.570. The second-order valence-electron chi connectivity index (χ2n) is 5.78. The van der Waals surface area contributed by atoms with Crippen LogP contribution >= 0.6 is 6.42 Å². The molecule has 80 valence electrons. The van der Waals surface area contributed by atoms with Crippen LogP contribution in [0, 0.1) is 5.41 Å². The summed E-state index contributed by atoms with van der Waals surface area (Å²) < 4.78 is 0. The number of rotatable bonds is 2. The topological polar surface area (TPSA) is 32.3 Å². The summed E-state index contributed by atoms with van der Waals surface area (Å²) in [6.07, 6.45) is -1.68. The van der Waals surface area contributed by atoms with Crippen LogP contribution in [0.3, 0.4) is 0 Å². The van der Waals surface area contributed by atoms with Gasteiger partial charge in [0, 0.05) is 11.7 Å². The van der Waals surface area contributed by atoms with Crippen LogP contribution in [0.5, 0.6) is 0 Å². The van der Waals surface area contributed by atoms with Crippen LogP contribution in [-0.2, 0) is 11.8 Å². The molecule has 0 aliphatic rings. The van der Waals surface area contributed by atoms with Gasteiger partial charge in [0.2, 0.25) is 0 Å². The molecule has 0 heterocycles. The van der Waals surface area contributed by atoms with Crippen LogP contribution in [0.4, 0.5) is 0 Å². The Morgan fingerprint density at radius 2 is 1.54 bits per heavy atom. The summed E-state index contributed by atoms with van der Waals surface area (Å²) >= 11 is 5.20. The van der Waals surface area contributed by atoms with Crippen LogP contribution < -0.4 is 5.09 Å². The van der Waals surface area contributed by atoms with E-state index in [1.54, 1.807) is 0 Å². The molecule has 0 bridgehead atoms. The summed E-state index contributed by atoms with van der Waals surface area (Å²) in [6, 6.07) is 0. The molecule has 4 heteroatoms. The maximum absolute atomic E-state index is 10.0. The zero-order valence-electron chi connectivity index (χ0n) is 9.51. The summed E-state index contributed by atoms with van der Waals surface area (Å²) in [5.41, 5.74) is -0.0158. The quantitative estimate of drug-likeness (QED) is 0.706. The molecule has 0 aliphatic carbocycles. The van der Waals surface area contributed by atoms with Gasteiger partial charge in [-0.2, -0.15) is 0 Å².